The Hall–Kier alpha value is -1.39. The van der Waals surface area contributed by atoms with Crippen LogP contribution >= 0.6 is 15.9 Å². The third kappa shape index (κ3) is 3.05. The van der Waals surface area contributed by atoms with Gasteiger partial charge in [-0.15, -0.1) is 0 Å². The maximum absolute atomic E-state index is 9.36. The lowest BCUT2D eigenvalue weighted by atomic mass is 10.2. The molecule has 88 valence electrons. The van der Waals surface area contributed by atoms with Crippen LogP contribution in [0.3, 0.4) is 0 Å². The number of rotatable bonds is 3. The third-order valence-electron chi connectivity index (χ3n) is 2.29. The van der Waals surface area contributed by atoms with Crippen molar-refractivity contribution in [1.29, 1.82) is 0 Å². The molecule has 0 aliphatic rings. The molecule has 0 radical (unpaired) electrons. The number of ether oxygens (including phenoxy) is 1. The first-order valence-corrected chi connectivity index (χ1v) is 6.02. The van der Waals surface area contributed by atoms with Crippen molar-refractivity contribution in [3.63, 3.8) is 0 Å². The van der Waals surface area contributed by atoms with Gasteiger partial charge in [-0.25, -0.2) is 4.98 Å². The van der Waals surface area contributed by atoms with Crippen LogP contribution in [0.15, 0.2) is 47.1 Å². The van der Waals surface area contributed by atoms with Crippen LogP contribution in [0.1, 0.15) is 18.6 Å². The lowest BCUT2D eigenvalue weighted by molar-refractivity contribution is 0.198. The minimum atomic E-state index is -0.514. The lowest BCUT2D eigenvalue weighted by Gasteiger charge is -2.08. The molecule has 0 aliphatic carbocycles. The number of hydrogen-bond acceptors (Lipinski definition) is 3. The van der Waals surface area contributed by atoms with Gasteiger partial charge in [-0.2, -0.15) is 0 Å². The van der Waals surface area contributed by atoms with Crippen molar-refractivity contribution in [3.8, 4) is 11.6 Å². The number of pyridine rings is 1. The number of nitrogens with zero attached hydrogens (tertiary/aromatic N) is 1. The second kappa shape index (κ2) is 5.29. The first-order chi connectivity index (χ1) is 8.16. The summed E-state index contributed by atoms with van der Waals surface area (Å²) in [6.07, 6.45) is 1.09. The fourth-order valence-corrected chi connectivity index (χ4v) is 1.71. The zero-order valence-electron chi connectivity index (χ0n) is 9.30. The smallest absolute Gasteiger partial charge is 0.219 e. The molecule has 17 heavy (non-hydrogen) atoms. The Kier molecular flexibility index (Phi) is 3.76. The molecule has 0 amide bonds. The summed E-state index contributed by atoms with van der Waals surface area (Å²) in [7, 11) is 0. The topological polar surface area (TPSA) is 42.4 Å². The predicted octanol–water partition coefficient (Wildman–Crippen LogP) is 3.69. The fourth-order valence-electron chi connectivity index (χ4n) is 1.34. The van der Waals surface area contributed by atoms with Gasteiger partial charge in [-0.1, -0.05) is 12.1 Å². The molecule has 0 saturated carbocycles. The lowest BCUT2D eigenvalue weighted by Crippen LogP contribution is -1.93. The zero-order valence-corrected chi connectivity index (χ0v) is 10.9. The standard InChI is InChI=1S/C13H12BrNO2/c1-9(16)10-6-7-13(15-8-10)17-12-5-3-2-4-11(12)14/h2-9,16H,1H3/t9-/m0/s1. The minimum absolute atomic E-state index is 0.501. The van der Waals surface area contributed by atoms with Crippen molar-refractivity contribution in [2.75, 3.05) is 0 Å². The van der Waals surface area contributed by atoms with Crippen LogP contribution in [0.5, 0.6) is 11.6 Å². The fraction of sp³-hybridized carbons (Fsp3) is 0.154. The molecule has 2 rings (SSSR count). The summed E-state index contributed by atoms with van der Waals surface area (Å²) in [6, 6.07) is 11.1. The third-order valence-corrected chi connectivity index (χ3v) is 2.95. The average molecular weight is 294 g/mol. The average Bonchev–Trinajstić information content (AvgIpc) is 2.33. The summed E-state index contributed by atoms with van der Waals surface area (Å²) in [5, 5.41) is 9.36. The van der Waals surface area contributed by atoms with Crippen molar-refractivity contribution in [2.24, 2.45) is 0 Å². The number of hydrogen-bond donors (Lipinski definition) is 1. The van der Waals surface area contributed by atoms with Crippen molar-refractivity contribution in [3.05, 3.63) is 52.6 Å². The highest BCUT2D eigenvalue weighted by molar-refractivity contribution is 9.10. The van der Waals surface area contributed by atoms with E-state index in [2.05, 4.69) is 20.9 Å². The van der Waals surface area contributed by atoms with E-state index in [1.54, 1.807) is 25.3 Å². The maximum atomic E-state index is 9.36. The van der Waals surface area contributed by atoms with Crippen molar-refractivity contribution < 1.29 is 9.84 Å². The predicted molar refractivity (Wildman–Crippen MR) is 69.1 cm³/mol. The Bertz CT molecular complexity index is 497. The maximum Gasteiger partial charge on any atom is 0.219 e. The summed E-state index contributed by atoms with van der Waals surface area (Å²) in [5.74, 6) is 1.21. The van der Waals surface area contributed by atoms with Crippen LogP contribution in [-0.4, -0.2) is 10.1 Å². The van der Waals surface area contributed by atoms with Gasteiger partial charge < -0.3 is 9.84 Å². The van der Waals surface area contributed by atoms with Gasteiger partial charge in [0, 0.05) is 12.3 Å². The molecule has 3 nitrogen and oxygen atoms in total. The van der Waals surface area contributed by atoms with E-state index >= 15 is 0 Å². The van der Waals surface area contributed by atoms with Crippen molar-refractivity contribution in [1.82, 2.24) is 4.98 Å². The van der Waals surface area contributed by atoms with Gasteiger partial charge in [0.05, 0.1) is 10.6 Å². The monoisotopic (exact) mass is 293 g/mol. The molecule has 1 atom stereocenters. The van der Waals surface area contributed by atoms with Gasteiger partial charge in [0.1, 0.15) is 5.75 Å². The van der Waals surface area contributed by atoms with Gasteiger partial charge in [0.2, 0.25) is 5.88 Å². The highest BCUT2D eigenvalue weighted by Gasteiger charge is 2.04. The quantitative estimate of drug-likeness (QED) is 0.938. The van der Waals surface area contributed by atoms with Crippen LogP contribution in [0, 0.1) is 0 Å². The molecule has 1 heterocycles. The number of halogens is 1. The summed E-state index contributed by atoms with van der Waals surface area (Å²) in [6.45, 7) is 1.70. The Labute approximate surface area is 108 Å². The number of aliphatic hydroxyl groups is 1. The van der Waals surface area contributed by atoms with E-state index in [9.17, 15) is 5.11 Å². The van der Waals surface area contributed by atoms with E-state index in [1.807, 2.05) is 24.3 Å². The highest BCUT2D eigenvalue weighted by atomic mass is 79.9. The van der Waals surface area contributed by atoms with Gasteiger partial charge in [0.25, 0.3) is 0 Å². The van der Waals surface area contributed by atoms with Gasteiger partial charge in [0.15, 0.2) is 0 Å². The molecule has 0 aliphatic heterocycles. The molecular weight excluding hydrogens is 282 g/mol. The highest BCUT2D eigenvalue weighted by Crippen LogP contribution is 2.28. The first-order valence-electron chi connectivity index (χ1n) is 5.23. The summed E-state index contributed by atoms with van der Waals surface area (Å²) in [5.41, 5.74) is 0.768. The molecule has 0 saturated heterocycles. The van der Waals surface area contributed by atoms with E-state index in [4.69, 9.17) is 4.74 Å². The van der Waals surface area contributed by atoms with Crippen LogP contribution in [0.4, 0.5) is 0 Å². The second-order valence-electron chi connectivity index (χ2n) is 3.64. The molecule has 0 unspecified atom stereocenters. The first kappa shape index (κ1) is 12.1. The summed E-state index contributed by atoms with van der Waals surface area (Å²) < 4.78 is 6.48. The largest absolute Gasteiger partial charge is 0.438 e. The summed E-state index contributed by atoms with van der Waals surface area (Å²) >= 11 is 3.40. The SMILES string of the molecule is C[C@H](O)c1ccc(Oc2ccccc2Br)nc1. The number of para-hydroxylation sites is 1. The van der Waals surface area contributed by atoms with Crippen LogP contribution in [0.25, 0.3) is 0 Å². The Morgan fingerprint density at radius 2 is 2.00 bits per heavy atom. The van der Waals surface area contributed by atoms with E-state index in [0.717, 1.165) is 10.0 Å². The van der Waals surface area contributed by atoms with E-state index < -0.39 is 6.10 Å². The molecule has 2 aromatic rings. The number of aliphatic hydroxyl groups excluding tert-OH is 1. The van der Waals surface area contributed by atoms with E-state index in [0.29, 0.717) is 11.6 Å². The second-order valence-corrected chi connectivity index (χ2v) is 4.49. The molecule has 0 spiro atoms. The van der Waals surface area contributed by atoms with Crippen molar-refractivity contribution >= 4 is 15.9 Å². The molecule has 1 aromatic heterocycles. The van der Waals surface area contributed by atoms with Gasteiger partial charge >= 0.3 is 0 Å². The molecule has 1 N–H and O–H groups in total. The van der Waals surface area contributed by atoms with Crippen LogP contribution < -0.4 is 4.74 Å². The normalized spacial score (nSPS) is 12.2. The van der Waals surface area contributed by atoms with Gasteiger partial charge in [-0.3, -0.25) is 0 Å². The number of aromatic nitrogens is 1. The summed E-state index contributed by atoms with van der Waals surface area (Å²) in [4.78, 5) is 4.13. The molecule has 1 aromatic carbocycles. The zero-order chi connectivity index (χ0) is 12.3. The molecular formula is C13H12BrNO2. The van der Waals surface area contributed by atoms with E-state index in [-0.39, 0.29) is 0 Å². The Morgan fingerprint density at radius 1 is 1.24 bits per heavy atom. The van der Waals surface area contributed by atoms with Crippen LogP contribution in [-0.2, 0) is 0 Å². The Balaban J connectivity index is 2.17. The van der Waals surface area contributed by atoms with Gasteiger partial charge in [-0.05, 0) is 46.6 Å². The van der Waals surface area contributed by atoms with E-state index in [1.165, 1.54) is 0 Å². The Morgan fingerprint density at radius 3 is 2.59 bits per heavy atom. The number of benzene rings is 1. The molecule has 0 fully saturated rings. The van der Waals surface area contributed by atoms with Crippen LogP contribution in [0.2, 0.25) is 0 Å². The van der Waals surface area contributed by atoms with Crippen molar-refractivity contribution in [2.45, 2.75) is 13.0 Å². The minimum Gasteiger partial charge on any atom is -0.438 e. The molecule has 0 bridgehead atoms. The molecule has 4 heteroatoms.